The van der Waals surface area contributed by atoms with Gasteiger partial charge in [-0.05, 0) is 42.7 Å². The van der Waals surface area contributed by atoms with Crippen molar-refractivity contribution in [3.05, 3.63) is 53.8 Å². The van der Waals surface area contributed by atoms with Gasteiger partial charge in [-0.1, -0.05) is 24.7 Å². The first-order chi connectivity index (χ1) is 13.0. The van der Waals surface area contributed by atoms with Crippen molar-refractivity contribution in [3.63, 3.8) is 0 Å². The highest BCUT2D eigenvalue weighted by atomic mass is 32.2. The Kier molecular flexibility index (Phi) is 8.03. The second-order valence-corrected chi connectivity index (χ2v) is 7.38. The molecule has 0 bridgehead atoms. The fourth-order valence-corrected chi connectivity index (χ4v) is 3.91. The number of thioether (sulfide) groups is 1. The van der Waals surface area contributed by atoms with E-state index < -0.39 is 11.6 Å². The van der Waals surface area contributed by atoms with Crippen LogP contribution in [-0.2, 0) is 9.63 Å². The Morgan fingerprint density at radius 1 is 1.41 bits per heavy atom. The molecular weight excluding hydrogens is 372 g/mol. The lowest BCUT2D eigenvalue weighted by atomic mass is 9.83. The lowest BCUT2D eigenvalue weighted by Gasteiger charge is -2.23. The summed E-state index contributed by atoms with van der Waals surface area (Å²) in [6, 6.07) is 3.79. The van der Waals surface area contributed by atoms with Gasteiger partial charge in [0.25, 0.3) is 0 Å². The summed E-state index contributed by atoms with van der Waals surface area (Å²) < 4.78 is 26.2. The van der Waals surface area contributed by atoms with Crippen LogP contribution in [0.1, 0.15) is 32.6 Å². The van der Waals surface area contributed by atoms with Crippen molar-refractivity contribution in [1.82, 2.24) is 0 Å². The van der Waals surface area contributed by atoms with Crippen LogP contribution in [0.5, 0.6) is 0 Å². The monoisotopic (exact) mass is 395 g/mol. The van der Waals surface area contributed by atoms with E-state index >= 15 is 0 Å². The van der Waals surface area contributed by atoms with E-state index in [-0.39, 0.29) is 29.6 Å². The first-order valence-corrected chi connectivity index (χ1v) is 9.78. The predicted molar refractivity (Wildman–Crippen MR) is 103 cm³/mol. The second-order valence-electron chi connectivity index (χ2n) is 6.21. The summed E-state index contributed by atoms with van der Waals surface area (Å²) in [4.78, 5) is 18.2. The maximum atomic E-state index is 13.2. The molecule has 0 saturated heterocycles. The van der Waals surface area contributed by atoms with Gasteiger partial charge in [-0.3, -0.25) is 4.79 Å². The zero-order valence-electron chi connectivity index (χ0n) is 15.2. The zero-order chi connectivity index (χ0) is 19.8. The number of allylic oxidation sites excluding steroid dienone is 2. The number of hydrogen-bond acceptors (Lipinski definition) is 5. The number of nitrogens with zero attached hydrogens (tertiary/aromatic N) is 1. The van der Waals surface area contributed by atoms with Crippen LogP contribution < -0.4 is 0 Å². The average molecular weight is 395 g/mol. The third-order valence-electron chi connectivity index (χ3n) is 4.20. The summed E-state index contributed by atoms with van der Waals surface area (Å²) in [6.45, 7) is 5.60. The Hall–Kier alpha value is -2.15. The number of rotatable bonds is 9. The maximum Gasteiger partial charge on any atom is 0.168 e. The van der Waals surface area contributed by atoms with E-state index in [1.54, 1.807) is 6.08 Å². The van der Waals surface area contributed by atoms with Crippen molar-refractivity contribution in [2.75, 3.05) is 12.4 Å². The largest absolute Gasteiger partial charge is 0.511 e. The molecule has 1 unspecified atom stereocenters. The molecule has 1 aromatic rings. The minimum absolute atomic E-state index is 0.00578. The van der Waals surface area contributed by atoms with Crippen molar-refractivity contribution in [2.45, 2.75) is 37.5 Å². The number of aliphatic hydroxyl groups is 1. The van der Waals surface area contributed by atoms with Gasteiger partial charge in [-0.15, -0.1) is 11.8 Å². The number of benzene rings is 1. The Morgan fingerprint density at radius 3 is 2.81 bits per heavy atom. The maximum absolute atomic E-state index is 13.2. The molecule has 1 N–H and O–H groups in total. The van der Waals surface area contributed by atoms with Crippen molar-refractivity contribution in [2.24, 2.45) is 11.1 Å². The minimum atomic E-state index is -0.872. The number of Topliss-reactive ketones (excluding diaryl/α,β-unsaturated/α-hetero) is 1. The Bertz CT molecular complexity index is 762. The lowest BCUT2D eigenvalue weighted by Crippen LogP contribution is -2.25. The highest BCUT2D eigenvalue weighted by Gasteiger charge is 2.30. The normalized spacial score (nSPS) is 18.0. The highest BCUT2D eigenvalue weighted by Crippen LogP contribution is 2.31. The van der Waals surface area contributed by atoms with E-state index in [1.807, 2.05) is 6.92 Å². The molecule has 1 aliphatic rings. The topological polar surface area (TPSA) is 58.9 Å². The van der Waals surface area contributed by atoms with Gasteiger partial charge in [0.15, 0.2) is 17.4 Å². The van der Waals surface area contributed by atoms with Crippen LogP contribution in [0, 0.1) is 17.6 Å². The summed E-state index contributed by atoms with van der Waals surface area (Å²) in [7, 11) is 0. The summed E-state index contributed by atoms with van der Waals surface area (Å²) in [5, 5.41) is 14.3. The third kappa shape index (κ3) is 5.92. The molecule has 0 aliphatic heterocycles. The molecule has 0 aromatic heterocycles. The van der Waals surface area contributed by atoms with E-state index in [2.05, 4.69) is 11.7 Å². The molecule has 0 radical (unpaired) electrons. The van der Waals surface area contributed by atoms with Crippen LogP contribution in [0.15, 0.2) is 52.2 Å². The molecule has 0 amide bonds. The molecule has 4 nitrogen and oxygen atoms in total. The van der Waals surface area contributed by atoms with Crippen molar-refractivity contribution in [1.29, 1.82) is 0 Å². The molecular formula is C20H23F2NO3S. The van der Waals surface area contributed by atoms with Gasteiger partial charge in [-0.2, -0.15) is 0 Å². The number of carbonyl (C=O) groups is 1. The zero-order valence-corrected chi connectivity index (χ0v) is 16.0. The summed E-state index contributed by atoms with van der Waals surface area (Å²) in [5.41, 5.74) is 0.694. The Morgan fingerprint density at radius 2 is 2.19 bits per heavy atom. The fourth-order valence-electron chi connectivity index (χ4n) is 2.87. The smallest absolute Gasteiger partial charge is 0.168 e. The molecule has 1 aliphatic carbocycles. The minimum Gasteiger partial charge on any atom is -0.511 e. The van der Waals surface area contributed by atoms with Gasteiger partial charge in [-0.25, -0.2) is 8.78 Å². The van der Waals surface area contributed by atoms with Crippen LogP contribution in [0.4, 0.5) is 8.78 Å². The van der Waals surface area contributed by atoms with E-state index in [0.717, 1.165) is 12.1 Å². The van der Waals surface area contributed by atoms with Crippen LogP contribution in [0.25, 0.3) is 0 Å². The number of halogens is 2. The quantitative estimate of drug-likeness (QED) is 0.205. The van der Waals surface area contributed by atoms with Gasteiger partial charge in [0.05, 0.1) is 11.3 Å². The van der Waals surface area contributed by atoms with Gasteiger partial charge in [0, 0.05) is 17.7 Å². The first kappa shape index (κ1) is 21.2. The van der Waals surface area contributed by atoms with Crippen LogP contribution in [0.2, 0.25) is 0 Å². The summed E-state index contributed by atoms with van der Waals surface area (Å²) in [6.07, 6.45) is 3.41. The molecule has 1 atom stereocenters. The molecule has 146 valence electrons. The van der Waals surface area contributed by atoms with E-state index in [0.29, 0.717) is 42.0 Å². The first-order valence-electron chi connectivity index (χ1n) is 8.79. The lowest BCUT2D eigenvalue weighted by molar-refractivity contribution is -0.116. The molecule has 0 heterocycles. The molecule has 0 spiro atoms. The number of oxime groups is 1. The number of carbonyl (C=O) groups excluding carboxylic acids is 1. The summed E-state index contributed by atoms with van der Waals surface area (Å²) in [5.74, 6) is -1.20. The molecule has 0 fully saturated rings. The van der Waals surface area contributed by atoms with Gasteiger partial charge < -0.3 is 9.94 Å². The predicted octanol–water partition coefficient (Wildman–Crippen LogP) is 5.21. The Balaban J connectivity index is 1.95. The standard InChI is InChI=1S/C20H23F2NO3S/c1-3-8-26-23-17(4-2)20-18(24)10-13(11-19(20)25)7-9-27-14-5-6-15(21)16(22)12-14/h3,5-6,12-13,24H,1,4,7-11H2,2H3/b23-17-. The summed E-state index contributed by atoms with van der Waals surface area (Å²) >= 11 is 1.40. The fraction of sp³-hybridized carbons (Fsp3) is 0.400. The van der Waals surface area contributed by atoms with E-state index in [9.17, 15) is 18.7 Å². The molecule has 27 heavy (non-hydrogen) atoms. The van der Waals surface area contributed by atoms with E-state index in [1.165, 1.54) is 17.8 Å². The second kappa shape index (κ2) is 10.3. The van der Waals surface area contributed by atoms with Crippen molar-refractivity contribution in [3.8, 4) is 0 Å². The SMILES string of the molecule is C=CCO/N=C(/CC)C1=C(O)CC(CCSc2ccc(F)c(F)c2)CC1=O. The number of ketones is 1. The number of hydrogen-bond donors (Lipinski definition) is 1. The number of aliphatic hydroxyl groups excluding tert-OH is 1. The van der Waals surface area contributed by atoms with E-state index in [4.69, 9.17) is 4.84 Å². The highest BCUT2D eigenvalue weighted by molar-refractivity contribution is 7.99. The van der Waals surface area contributed by atoms with Crippen molar-refractivity contribution < 1.29 is 23.5 Å². The molecule has 1 aromatic carbocycles. The molecule has 2 rings (SSSR count). The van der Waals surface area contributed by atoms with Crippen LogP contribution in [0.3, 0.4) is 0 Å². The third-order valence-corrected chi connectivity index (χ3v) is 5.23. The van der Waals surface area contributed by atoms with Crippen LogP contribution >= 0.6 is 11.8 Å². The van der Waals surface area contributed by atoms with Crippen molar-refractivity contribution >= 4 is 23.3 Å². The van der Waals surface area contributed by atoms with Gasteiger partial charge in [0.1, 0.15) is 12.4 Å². The van der Waals surface area contributed by atoms with Gasteiger partial charge in [0.2, 0.25) is 0 Å². The van der Waals surface area contributed by atoms with Crippen LogP contribution in [-0.4, -0.2) is 29.0 Å². The molecule has 0 saturated carbocycles. The Labute approximate surface area is 162 Å². The molecule has 7 heteroatoms. The van der Waals surface area contributed by atoms with Gasteiger partial charge >= 0.3 is 0 Å². The average Bonchev–Trinajstić information content (AvgIpc) is 2.63.